The third-order valence-corrected chi connectivity index (χ3v) is 4.65. The van der Waals surface area contributed by atoms with Gasteiger partial charge in [0.2, 0.25) is 5.91 Å². The van der Waals surface area contributed by atoms with Crippen molar-refractivity contribution < 1.29 is 14.7 Å². The molecule has 118 valence electrons. The fourth-order valence-electron chi connectivity index (χ4n) is 1.87. The van der Waals surface area contributed by atoms with Crippen molar-refractivity contribution in [2.45, 2.75) is 45.4 Å². The minimum Gasteiger partial charge on any atom is -0.481 e. The molecule has 0 saturated carbocycles. The second-order valence-electron chi connectivity index (χ2n) is 5.03. The van der Waals surface area contributed by atoms with Crippen LogP contribution < -0.4 is 0 Å². The first kappa shape index (κ1) is 18.0. The minimum absolute atomic E-state index is 0.0624. The van der Waals surface area contributed by atoms with E-state index >= 15 is 0 Å². The molecule has 1 amide bonds. The van der Waals surface area contributed by atoms with Crippen LogP contribution in [0.4, 0.5) is 0 Å². The van der Waals surface area contributed by atoms with Crippen molar-refractivity contribution in [1.82, 2.24) is 9.88 Å². The number of aliphatic carboxylic acids is 1. The Bertz CT molecular complexity index is 475. The van der Waals surface area contributed by atoms with E-state index in [1.54, 1.807) is 28.0 Å². The van der Waals surface area contributed by atoms with Gasteiger partial charge in [-0.3, -0.25) is 9.59 Å². The van der Waals surface area contributed by atoms with Gasteiger partial charge in [0.15, 0.2) is 0 Å². The number of thioether (sulfide) groups is 1. The number of hydrogen-bond acceptors (Lipinski definition) is 5. The van der Waals surface area contributed by atoms with Crippen LogP contribution in [0.15, 0.2) is 5.38 Å². The molecule has 0 saturated heterocycles. The highest BCUT2D eigenvalue weighted by molar-refractivity contribution is 7.99. The molecular formula is C14H22N2O3S2. The molecule has 0 fully saturated rings. The van der Waals surface area contributed by atoms with Gasteiger partial charge in [-0.15, -0.1) is 23.1 Å². The molecule has 21 heavy (non-hydrogen) atoms. The van der Waals surface area contributed by atoms with Crippen LogP contribution in [0.5, 0.6) is 0 Å². The maximum absolute atomic E-state index is 12.2. The first-order valence-corrected chi connectivity index (χ1v) is 8.93. The molecule has 0 unspecified atom stereocenters. The summed E-state index contributed by atoms with van der Waals surface area (Å²) in [6, 6.07) is 0.0911. The quantitative estimate of drug-likeness (QED) is 0.754. The summed E-state index contributed by atoms with van der Waals surface area (Å²) >= 11 is 3.16. The lowest BCUT2D eigenvalue weighted by Crippen LogP contribution is -2.39. The predicted octanol–water partition coefficient (Wildman–Crippen LogP) is 2.79. The normalized spacial score (nSPS) is 10.9. The topological polar surface area (TPSA) is 70.5 Å². The molecule has 1 aromatic rings. The van der Waals surface area contributed by atoms with E-state index in [1.165, 1.54) is 0 Å². The lowest BCUT2D eigenvalue weighted by molar-refractivity contribution is -0.138. The van der Waals surface area contributed by atoms with Crippen LogP contribution in [0.2, 0.25) is 0 Å². The number of carbonyl (C=O) groups is 2. The predicted molar refractivity (Wildman–Crippen MR) is 86.7 cm³/mol. The first-order chi connectivity index (χ1) is 9.90. The van der Waals surface area contributed by atoms with Crippen molar-refractivity contribution in [1.29, 1.82) is 0 Å². The Kier molecular flexibility index (Phi) is 7.74. The van der Waals surface area contributed by atoms with Crippen molar-refractivity contribution >= 4 is 35.0 Å². The van der Waals surface area contributed by atoms with Crippen LogP contribution in [0.3, 0.4) is 0 Å². The van der Waals surface area contributed by atoms with Crippen molar-refractivity contribution in [3.8, 4) is 0 Å². The molecule has 0 radical (unpaired) electrons. The van der Waals surface area contributed by atoms with Gasteiger partial charge in [-0.05, 0) is 27.2 Å². The monoisotopic (exact) mass is 330 g/mol. The average Bonchev–Trinajstić information content (AvgIpc) is 2.79. The SMILES string of the molecule is Cc1nc(CSCC(=O)N(CCCC(=O)O)C(C)C)cs1. The smallest absolute Gasteiger partial charge is 0.303 e. The van der Waals surface area contributed by atoms with Gasteiger partial charge in [-0.2, -0.15) is 0 Å². The van der Waals surface area contributed by atoms with Crippen LogP contribution >= 0.6 is 23.1 Å². The number of nitrogens with zero attached hydrogens (tertiary/aromatic N) is 2. The molecular weight excluding hydrogens is 308 g/mol. The largest absolute Gasteiger partial charge is 0.481 e. The number of carboxylic acids is 1. The number of aromatic nitrogens is 1. The van der Waals surface area contributed by atoms with Gasteiger partial charge >= 0.3 is 5.97 Å². The Balaban J connectivity index is 2.36. The summed E-state index contributed by atoms with van der Waals surface area (Å²) in [5.74, 6) is 0.380. The number of aryl methyl sites for hydroxylation is 1. The van der Waals surface area contributed by atoms with Gasteiger partial charge in [-0.1, -0.05) is 0 Å². The summed E-state index contributed by atoms with van der Waals surface area (Å²) in [7, 11) is 0. The fourth-order valence-corrected chi connectivity index (χ4v) is 3.39. The van der Waals surface area contributed by atoms with Gasteiger partial charge in [0.1, 0.15) is 0 Å². The van der Waals surface area contributed by atoms with Crippen LogP contribution in [-0.4, -0.2) is 45.2 Å². The van der Waals surface area contributed by atoms with Crippen molar-refractivity contribution in [2.75, 3.05) is 12.3 Å². The number of carbonyl (C=O) groups excluding carboxylic acids is 1. The molecule has 1 heterocycles. The fraction of sp³-hybridized carbons (Fsp3) is 0.643. The zero-order chi connectivity index (χ0) is 15.8. The van der Waals surface area contributed by atoms with Crippen LogP contribution in [0.1, 0.15) is 37.4 Å². The molecule has 0 aromatic carbocycles. The summed E-state index contributed by atoms with van der Waals surface area (Å²) in [4.78, 5) is 28.8. The summed E-state index contributed by atoms with van der Waals surface area (Å²) in [6.07, 6.45) is 0.594. The van der Waals surface area contributed by atoms with Crippen molar-refractivity contribution in [3.63, 3.8) is 0 Å². The lowest BCUT2D eigenvalue weighted by atomic mass is 10.2. The third kappa shape index (κ3) is 6.95. The molecule has 5 nitrogen and oxygen atoms in total. The molecule has 1 rings (SSSR count). The molecule has 0 atom stereocenters. The number of amides is 1. The van der Waals surface area contributed by atoms with Gasteiger partial charge in [0.25, 0.3) is 0 Å². The molecule has 1 N–H and O–H groups in total. The number of thiazole rings is 1. The van der Waals surface area contributed by atoms with E-state index in [-0.39, 0.29) is 18.4 Å². The second-order valence-corrected chi connectivity index (χ2v) is 7.08. The summed E-state index contributed by atoms with van der Waals surface area (Å²) in [6.45, 7) is 6.37. The highest BCUT2D eigenvalue weighted by atomic mass is 32.2. The minimum atomic E-state index is -0.820. The van der Waals surface area contributed by atoms with Crippen LogP contribution in [0.25, 0.3) is 0 Å². The zero-order valence-electron chi connectivity index (χ0n) is 12.7. The molecule has 0 aliphatic rings. The maximum atomic E-state index is 12.2. The highest BCUT2D eigenvalue weighted by Crippen LogP contribution is 2.16. The van der Waals surface area contributed by atoms with Crippen LogP contribution in [-0.2, 0) is 15.3 Å². The summed E-state index contributed by atoms with van der Waals surface area (Å²) < 4.78 is 0. The van der Waals surface area contributed by atoms with Crippen molar-refractivity contribution in [3.05, 3.63) is 16.1 Å². The number of carboxylic acid groups (broad SMARTS) is 1. The average molecular weight is 330 g/mol. The van der Waals surface area contributed by atoms with Gasteiger partial charge in [0, 0.05) is 30.1 Å². The summed E-state index contributed by atoms with van der Waals surface area (Å²) in [5, 5.41) is 11.7. The zero-order valence-corrected chi connectivity index (χ0v) is 14.3. The van der Waals surface area contributed by atoms with Gasteiger partial charge < -0.3 is 10.0 Å². The Labute approximate surface area is 133 Å². The van der Waals surface area contributed by atoms with E-state index in [1.807, 2.05) is 26.2 Å². The summed E-state index contributed by atoms with van der Waals surface area (Å²) in [5.41, 5.74) is 1.01. The molecule has 7 heteroatoms. The molecule has 1 aromatic heterocycles. The van der Waals surface area contributed by atoms with Crippen LogP contribution in [0, 0.1) is 6.92 Å². The Morgan fingerprint density at radius 1 is 1.48 bits per heavy atom. The standard InChI is InChI=1S/C14H22N2O3S2/c1-10(2)16(6-4-5-14(18)19)13(17)9-20-7-12-8-21-11(3)15-12/h8,10H,4-7,9H2,1-3H3,(H,18,19). The van der Waals surface area contributed by atoms with E-state index in [9.17, 15) is 9.59 Å². The van der Waals surface area contributed by atoms with E-state index < -0.39 is 5.97 Å². The van der Waals surface area contributed by atoms with E-state index in [2.05, 4.69) is 4.98 Å². The number of rotatable bonds is 9. The molecule has 0 bridgehead atoms. The van der Waals surface area contributed by atoms with E-state index in [0.29, 0.717) is 18.7 Å². The molecule has 0 spiro atoms. The number of hydrogen-bond donors (Lipinski definition) is 1. The van der Waals surface area contributed by atoms with E-state index in [4.69, 9.17) is 5.11 Å². The lowest BCUT2D eigenvalue weighted by Gasteiger charge is -2.26. The first-order valence-electron chi connectivity index (χ1n) is 6.90. The van der Waals surface area contributed by atoms with Gasteiger partial charge in [-0.25, -0.2) is 4.98 Å². The maximum Gasteiger partial charge on any atom is 0.303 e. The molecule has 0 aliphatic carbocycles. The highest BCUT2D eigenvalue weighted by Gasteiger charge is 2.17. The van der Waals surface area contributed by atoms with Crippen molar-refractivity contribution in [2.24, 2.45) is 0 Å². The Morgan fingerprint density at radius 3 is 2.71 bits per heavy atom. The molecule has 0 aliphatic heterocycles. The third-order valence-electron chi connectivity index (χ3n) is 2.88. The second kappa shape index (κ2) is 9.04. The van der Waals surface area contributed by atoms with Gasteiger partial charge in [0.05, 0.1) is 16.5 Å². The Hall–Kier alpha value is -1.08. The van der Waals surface area contributed by atoms with E-state index in [0.717, 1.165) is 16.5 Å². The Morgan fingerprint density at radius 2 is 2.19 bits per heavy atom.